The molecule has 100 valence electrons. The van der Waals surface area contributed by atoms with Crippen LogP contribution >= 0.6 is 0 Å². The van der Waals surface area contributed by atoms with Crippen LogP contribution in [0.15, 0.2) is 34.9 Å². The molecule has 0 saturated carbocycles. The summed E-state index contributed by atoms with van der Waals surface area (Å²) >= 11 is 0. The number of hydrogen-bond acceptors (Lipinski definition) is 3. The van der Waals surface area contributed by atoms with E-state index in [0.717, 1.165) is 18.3 Å². The molecule has 19 heavy (non-hydrogen) atoms. The molecule has 0 aliphatic rings. The fourth-order valence-corrected chi connectivity index (χ4v) is 1.24. The number of nitrogens with zero attached hydrogens (tertiary/aromatic N) is 1. The van der Waals surface area contributed by atoms with Crippen LogP contribution in [-0.2, 0) is 4.79 Å². The monoisotopic (exact) mass is 274 g/mol. The number of carbonyl (C=O) groups excluding carboxylic acids is 1. The number of benzene rings is 1. The van der Waals surface area contributed by atoms with Gasteiger partial charge in [0.05, 0.1) is 6.20 Å². The second-order valence-electron chi connectivity index (χ2n) is 3.49. The van der Waals surface area contributed by atoms with Crippen LogP contribution in [0.1, 0.15) is 0 Å². The lowest BCUT2D eigenvalue weighted by atomic mass is 10.2. The van der Waals surface area contributed by atoms with Gasteiger partial charge < -0.3 is 4.42 Å². The Balaban J connectivity index is 2.16. The molecule has 1 aromatic carbocycles. The highest BCUT2D eigenvalue weighted by Crippen LogP contribution is 2.23. The van der Waals surface area contributed by atoms with Gasteiger partial charge in [-0.15, -0.1) is 0 Å². The van der Waals surface area contributed by atoms with Crippen LogP contribution in [0.4, 0.5) is 23.4 Å². The van der Waals surface area contributed by atoms with Crippen molar-refractivity contribution in [2.24, 2.45) is 0 Å². The van der Waals surface area contributed by atoms with Crippen LogP contribution < -0.4 is 5.32 Å². The summed E-state index contributed by atoms with van der Waals surface area (Å²) in [5.74, 6) is -3.10. The lowest BCUT2D eigenvalue weighted by Crippen LogP contribution is -2.29. The molecule has 0 atom stereocenters. The molecule has 2 rings (SSSR count). The molecule has 8 heteroatoms. The minimum Gasteiger partial charge on any atom is -0.420 e. The SMILES string of the molecule is O=C(Nc1cnc(-c2ccc(F)cc2)o1)C(F)(F)F. The van der Waals surface area contributed by atoms with Crippen molar-refractivity contribution in [3.8, 4) is 11.5 Å². The van der Waals surface area contributed by atoms with E-state index in [9.17, 15) is 22.4 Å². The number of hydrogen-bond donors (Lipinski definition) is 1. The molecule has 0 fully saturated rings. The Kier molecular flexibility index (Phi) is 3.24. The molecule has 2 aromatic rings. The molecule has 0 aliphatic carbocycles. The highest BCUT2D eigenvalue weighted by atomic mass is 19.4. The fourth-order valence-electron chi connectivity index (χ4n) is 1.24. The zero-order valence-electron chi connectivity index (χ0n) is 9.16. The van der Waals surface area contributed by atoms with Gasteiger partial charge in [0, 0.05) is 5.56 Å². The van der Waals surface area contributed by atoms with Gasteiger partial charge >= 0.3 is 12.1 Å². The first kappa shape index (κ1) is 13.1. The molecule has 1 amide bonds. The van der Waals surface area contributed by atoms with Gasteiger partial charge in [0.15, 0.2) is 0 Å². The topological polar surface area (TPSA) is 55.1 Å². The second-order valence-corrected chi connectivity index (χ2v) is 3.49. The third kappa shape index (κ3) is 3.09. The lowest BCUT2D eigenvalue weighted by molar-refractivity contribution is -0.167. The van der Waals surface area contributed by atoms with E-state index in [1.54, 1.807) is 0 Å². The molecule has 0 unspecified atom stereocenters. The molecule has 1 N–H and O–H groups in total. The maximum Gasteiger partial charge on any atom is 0.471 e. The average molecular weight is 274 g/mol. The first-order valence-electron chi connectivity index (χ1n) is 4.96. The van der Waals surface area contributed by atoms with Crippen LogP contribution in [0, 0.1) is 5.82 Å². The summed E-state index contributed by atoms with van der Waals surface area (Å²) in [4.78, 5) is 14.3. The molecular formula is C11H6F4N2O2. The Morgan fingerprint density at radius 3 is 2.42 bits per heavy atom. The van der Waals surface area contributed by atoms with E-state index in [1.807, 2.05) is 0 Å². The normalized spacial score (nSPS) is 11.4. The first-order chi connectivity index (χ1) is 8.86. The fraction of sp³-hybridized carbons (Fsp3) is 0.0909. The molecule has 0 aliphatic heterocycles. The molecule has 0 radical (unpaired) electrons. The highest BCUT2D eigenvalue weighted by Gasteiger charge is 2.39. The van der Waals surface area contributed by atoms with Crippen molar-refractivity contribution in [3.63, 3.8) is 0 Å². The molecule has 1 aromatic heterocycles. The second kappa shape index (κ2) is 4.71. The molecule has 0 bridgehead atoms. The Morgan fingerprint density at radius 2 is 1.84 bits per heavy atom. The summed E-state index contributed by atoms with van der Waals surface area (Å²) < 4.78 is 53.6. The molecule has 1 heterocycles. The van der Waals surface area contributed by atoms with E-state index < -0.39 is 23.8 Å². The van der Waals surface area contributed by atoms with Gasteiger partial charge in [-0.2, -0.15) is 13.2 Å². The third-order valence-corrected chi connectivity index (χ3v) is 2.09. The standard InChI is InChI=1S/C11H6F4N2O2/c12-7-3-1-6(2-4-7)9-16-5-8(19-9)17-10(18)11(13,14)15/h1-5H,(H,17,18). The summed E-state index contributed by atoms with van der Waals surface area (Å²) in [7, 11) is 0. The number of alkyl halides is 3. The summed E-state index contributed by atoms with van der Waals surface area (Å²) in [6.45, 7) is 0. The van der Waals surface area contributed by atoms with Crippen molar-refractivity contribution >= 4 is 11.8 Å². The van der Waals surface area contributed by atoms with E-state index in [4.69, 9.17) is 4.42 Å². The van der Waals surface area contributed by atoms with Gasteiger partial charge in [-0.3, -0.25) is 10.1 Å². The minimum absolute atomic E-state index is 0.0301. The lowest BCUT2D eigenvalue weighted by Gasteiger charge is -2.04. The summed E-state index contributed by atoms with van der Waals surface area (Å²) in [6.07, 6.45) is -4.08. The number of halogens is 4. The van der Waals surface area contributed by atoms with Gasteiger partial charge in [-0.1, -0.05) is 0 Å². The van der Waals surface area contributed by atoms with Crippen LogP contribution in [0.5, 0.6) is 0 Å². The summed E-state index contributed by atoms with van der Waals surface area (Å²) in [5.41, 5.74) is 0.369. The van der Waals surface area contributed by atoms with Crippen molar-refractivity contribution in [2.75, 3.05) is 5.32 Å². The van der Waals surface area contributed by atoms with E-state index in [-0.39, 0.29) is 5.89 Å². The number of aromatic nitrogens is 1. The van der Waals surface area contributed by atoms with E-state index >= 15 is 0 Å². The van der Waals surface area contributed by atoms with E-state index in [1.165, 1.54) is 17.4 Å². The smallest absolute Gasteiger partial charge is 0.420 e. The number of oxazole rings is 1. The summed E-state index contributed by atoms with van der Waals surface area (Å²) in [6, 6.07) is 4.98. The number of nitrogens with one attached hydrogen (secondary N) is 1. The van der Waals surface area contributed by atoms with Crippen molar-refractivity contribution in [2.45, 2.75) is 6.18 Å². The van der Waals surface area contributed by atoms with E-state index in [0.29, 0.717) is 5.56 Å². The highest BCUT2D eigenvalue weighted by molar-refractivity contribution is 5.93. The van der Waals surface area contributed by atoms with Crippen LogP contribution in [0.25, 0.3) is 11.5 Å². The van der Waals surface area contributed by atoms with E-state index in [2.05, 4.69) is 4.98 Å². The van der Waals surface area contributed by atoms with Gasteiger partial charge in [0.1, 0.15) is 5.82 Å². The van der Waals surface area contributed by atoms with Crippen LogP contribution in [-0.4, -0.2) is 17.1 Å². The van der Waals surface area contributed by atoms with Crippen molar-refractivity contribution in [1.29, 1.82) is 0 Å². The van der Waals surface area contributed by atoms with Gasteiger partial charge in [-0.25, -0.2) is 9.37 Å². The molecule has 4 nitrogen and oxygen atoms in total. The predicted molar refractivity (Wildman–Crippen MR) is 56.6 cm³/mol. The average Bonchev–Trinajstić information content (AvgIpc) is 2.77. The Labute approximate surface area is 104 Å². The minimum atomic E-state index is -5.01. The maximum absolute atomic E-state index is 12.7. The third-order valence-electron chi connectivity index (χ3n) is 2.09. The van der Waals surface area contributed by atoms with Crippen LogP contribution in [0.2, 0.25) is 0 Å². The largest absolute Gasteiger partial charge is 0.471 e. The molecule has 0 spiro atoms. The summed E-state index contributed by atoms with van der Waals surface area (Å²) in [5, 5.41) is 1.52. The van der Waals surface area contributed by atoms with Crippen molar-refractivity contribution in [3.05, 3.63) is 36.3 Å². The van der Waals surface area contributed by atoms with Gasteiger partial charge in [0.25, 0.3) is 0 Å². The Morgan fingerprint density at radius 1 is 1.21 bits per heavy atom. The van der Waals surface area contributed by atoms with Gasteiger partial charge in [-0.05, 0) is 24.3 Å². The molecular weight excluding hydrogens is 268 g/mol. The predicted octanol–water partition coefficient (Wildman–Crippen LogP) is 2.98. The number of carbonyl (C=O) groups is 1. The van der Waals surface area contributed by atoms with Crippen LogP contribution in [0.3, 0.4) is 0 Å². The zero-order valence-corrected chi connectivity index (χ0v) is 9.16. The number of amides is 1. The maximum atomic E-state index is 12.7. The van der Waals surface area contributed by atoms with Crippen molar-refractivity contribution < 1.29 is 26.8 Å². The zero-order chi connectivity index (χ0) is 14.0. The van der Waals surface area contributed by atoms with Gasteiger partial charge in [0.2, 0.25) is 11.8 Å². The van der Waals surface area contributed by atoms with Crippen molar-refractivity contribution in [1.82, 2.24) is 4.98 Å². The first-order valence-corrected chi connectivity index (χ1v) is 4.96. The Hall–Kier alpha value is -2.38. The number of anilines is 1. The Bertz CT molecular complexity index is 589. The molecule has 0 saturated heterocycles. The number of rotatable bonds is 2. The quantitative estimate of drug-likeness (QED) is 0.856.